The molecule has 2 heterocycles. The van der Waals surface area contributed by atoms with Crippen LogP contribution in [0.2, 0.25) is 0 Å². The smallest absolute Gasteiger partial charge is 0.313 e. The molecule has 5 unspecified atom stereocenters. The first-order chi connectivity index (χ1) is 12.1. The number of hydrogen-bond acceptors (Lipinski definition) is 6. The maximum absolute atomic E-state index is 12.9. The molecule has 26 heavy (non-hydrogen) atoms. The van der Waals surface area contributed by atoms with E-state index in [0.29, 0.717) is 18.4 Å². The third-order valence-corrected chi connectivity index (χ3v) is 7.35. The van der Waals surface area contributed by atoms with Crippen LogP contribution in [0.15, 0.2) is 11.1 Å². The van der Waals surface area contributed by atoms with Crippen molar-refractivity contribution in [3.63, 3.8) is 0 Å². The zero-order chi connectivity index (χ0) is 18.9. The van der Waals surface area contributed by atoms with Crippen molar-refractivity contribution in [2.45, 2.75) is 71.0 Å². The van der Waals surface area contributed by atoms with E-state index in [9.17, 15) is 19.5 Å². The van der Waals surface area contributed by atoms with Gasteiger partial charge in [0.25, 0.3) is 0 Å². The Labute approximate surface area is 152 Å². The van der Waals surface area contributed by atoms with Gasteiger partial charge in [0.15, 0.2) is 11.9 Å². The molecule has 0 aromatic heterocycles. The molecule has 142 valence electrons. The number of allylic oxidation sites excluding steroid dienone is 1. The van der Waals surface area contributed by atoms with Gasteiger partial charge in [0.05, 0.1) is 11.8 Å². The van der Waals surface area contributed by atoms with Crippen molar-refractivity contribution >= 4 is 17.7 Å². The van der Waals surface area contributed by atoms with E-state index in [4.69, 9.17) is 9.47 Å². The molecule has 3 fully saturated rings. The van der Waals surface area contributed by atoms with E-state index in [-0.39, 0.29) is 42.1 Å². The molecular weight excluding hydrogens is 336 g/mol. The quantitative estimate of drug-likeness (QED) is 0.773. The van der Waals surface area contributed by atoms with Crippen molar-refractivity contribution < 1.29 is 29.0 Å². The molecule has 0 amide bonds. The molecule has 0 aromatic carbocycles. The summed E-state index contributed by atoms with van der Waals surface area (Å²) in [5.74, 6) is -0.899. The van der Waals surface area contributed by atoms with E-state index in [1.54, 1.807) is 6.92 Å². The highest BCUT2D eigenvalue weighted by Crippen LogP contribution is 2.63. The fourth-order valence-corrected chi connectivity index (χ4v) is 5.96. The second-order valence-corrected chi connectivity index (χ2v) is 9.02. The van der Waals surface area contributed by atoms with Gasteiger partial charge in [-0.3, -0.25) is 14.4 Å². The number of rotatable bonds is 3. The van der Waals surface area contributed by atoms with E-state index < -0.39 is 17.1 Å². The average Bonchev–Trinajstić information content (AvgIpc) is 3.04. The number of carbonyl (C=O) groups is 3. The van der Waals surface area contributed by atoms with E-state index >= 15 is 0 Å². The van der Waals surface area contributed by atoms with Crippen LogP contribution in [0, 0.1) is 16.7 Å². The summed E-state index contributed by atoms with van der Waals surface area (Å²) in [5.41, 5.74) is -0.424. The fourth-order valence-electron chi connectivity index (χ4n) is 5.96. The van der Waals surface area contributed by atoms with Crippen LogP contribution in [-0.2, 0) is 23.9 Å². The van der Waals surface area contributed by atoms with E-state index in [1.807, 2.05) is 6.92 Å². The summed E-state index contributed by atoms with van der Waals surface area (Å²) >= 11 is 0. The first-order valence-corrected chi connectivity index (χ1v) is 9.44. The summed E-state index contributed by atoms with van der Waals surface area (Å²) in [5, 5.41) is 10.6. The molecule has 6 heteroatoms. The van der Waals surface area contributed by atoms with Crippen LogP contribution in [0.25, 0.3) is 0 Å². The van der Waals surface area contributed by atoms with Crippen molar-refractivity contribution in [2.24, 2.45) is 16.7 Å². The Hall–Kier alpha value is -1.69. The van der Waals surface area contributed by atoms with Gasteiger partial charge >= 0.3 is 11.9 Å². The zero-order valence-corrected chi connectivity index (χ0v) is 15.6. The normalized spacial score (nSPS) is 44.8. The van der Waals surface area contributed by atoms with Crippen molar-refractivity contribution in [3.05, 3.63) is 11.1 Å². The van der Waals surface area contributed by atoms with Gasteiger partial charge in [0, 0.05) is 5.92 Å². The largest absolute Gasteiger partial charge is 0.463 e. The molecule has 2 aliphatic heterocycles. The molecular formula is C20H26O6. The number of carbonyl (C=O) groups excluding carboxylic acids is 3. The fraction of sp³-hybridized carbons (Fsp3) is 0.750. The minimum Gasteiger partial charge on any atom is -0.463 e. The topological polar surface area (TPSA) is 89.9 Å². The molecule has 1 saturated carbocycles. The maximum atomic E-state index is 12.9. The van der Waals surface area contributed by atoms with Gasteiger partial charge in [-0.1, -0.05) is 18.9 Å². The molecule has 4 rings (SSSR count). The van der Waals surface area contributed by atoms with Gasteiger partial charge in [-0.2, -0.15) is 0 Å². The molecule has 0 aromatic rings. The second-order valence-electron chi connectivity index (χ2n) is 9.02. The SMILES string of the molecule is CC1=C(CCC2(O)COC(=O)C2)C2(C)CCCC3(C)C(=O)OC(C1=O)C32. The molecule has 0 radical (unpaired) electrons. The lowest BCUT2D eigenvalue weighted by atomic mass is 9.49. The van der Waals surface area contributed by atoms with E-state index in [0.717, 1.165) is 24.8 Å². The Bertz CT molecular complexity index is 739. The number of ether oxygens (including phenoxy) is 2. The second kappa shape index (κ2) is 5.41. The van der Waals surface area contributed by atoms with Crippen LogP contribution in [0.3, 0.4) is 0 Å². The van der Waals surface area contributed by atoms with Crippen molar-refractivity contribution in [2.75, 3.05) is 6.61 Å². The minimum absolute atomic E-state index is 0.00461. The average molecular weight is 362 g/mol. The van der Waals surface area contributed by atoms with Crippen LogP contribution < -0.4 is 0 Å². The van der Waals surface area contributed by atoms with Crippen LogP contribution in [0.4, 0.5) is 0 Å². The predicted octanol–water partition coefficient (Wildman–Crippen LogP) is 2.08. The lowest BCUT2D eigenvalue weighted by Gasteiger charge is -2.51. The van der Waals surface area contributed by atoms with Crippen LogP contribution >= 0.6 is 0 Å². The number of esters is 2. The monoisotopic (exact) mass is 362 g/mol. The summed E-state index contributed by atoms with van der Waals surface area (Å²) < 4.78 is 10.5. The van der Waals surface area contributed by atoms with Crippen molar-refractivity contribution in [1.82, 2.24) is 0 Å². The maximum Gasteiger partial charge on any atom is 0.313 e. The highest BCUT2D eigenvalue weighted by atomic mass is 16.6. The summed E-state index contributed by atoms with van der Waals surface area (Å²) in [6.07, 6.45) is 2.76. The van der Waals surface area contributed by atoms with E-state index in [2.05, 4.69) is 6.92 Å². The Morgan fingerprint density at radius 3 is 2.50 bits per heavy atom. The highest BCUT2D eigenvalue weighted by molar-refractivity contribution is 6.04. The van der Waals surface area contributed by atoms with Gasteiger partial charge in [-0.25, -0.2) is 0 Å². The number of hydrogen-bond donors (Lipinski definition) is 1. The van der Waals surface area contributed by atoms with Gasteiger partial charge < -0.3 is 14.6 Å². The third-order valence-electron chi connectivity index (χ3n) is 7.35. The van der Waals surface area contributed by atoms with Gasteiger partial charge in [-0.15, -0.1) is 0 Å². The van der Waals surface area contributed by atoms with Gasteiger partial charge in [-0.05, 0) is 50.5 Å². The van der Waals surface area contributed by atoms with E-state index in [1.165, 1.54) is 0 Å². The molecule has 2 saturated heterocycles. The Morgan fingerprint density at radius 1 is 1.15 bits per heavy atom. The molecule has 4 aliphatic rings. The minimum atomic E-state index is -1.17. The molecule has 5 atom stereocenters. The van der Waals surface area contributed by atoms with Crippen LogP contribution in [0.5, 0.6) is 0 Å². The Morgan fingerprint density at radius 2 is 1.85 bits per heavy atom. The molecule has 0 spiro atoms. The molecule has 0 bridgehead atoms. The summed E-state index contributed by atoms with van der Waals surface area (Å²) in [4.78, 5) is 36.9. The van der Waals surface area contributed by atoms with Crippen LogP contribution in [-0.4, -0.2) is 41.1 Å². The van der Waals surface area contributed by atoms with Crippen LogP contribution in [0.1, 0.15) is 59.3 Å². The number of ketones is 1. The first kappa shape index (κ1) is 17.7. The third kappa shape index (κ3) is 2.24. The number of cyclic esters (lactones) is 1. The molecule has 2 aliphatic carbocycles. The summed E-state index contributed by atoms with van der Waals surface area (Å²) in [6, 6.07) is 0. The number of Topliss-reactive ketones (excluding diaryl/α,β-unsaturated/α-hetero) is 1. The highest BCUT2D eigenvalue weighted by Gasteiger charge is 2.67. The first-order valence-electron chi connectivity index (χ1n) is 9.44. The lowest BCUT2D eigenvalue weighted by molar-refractivity contribution is -0.151. The standard InChI is InChI=1S/C20H26O6/c1-11-12(5-8-20(24)9-13(21)25-10-20)18(2)6-4-7-19(3)16(18)15(14(11)22)26-17(19)23/h15-16,24H,4-10H2,1-3H3. The lowest BCUT2D eigenvalue weighted by Crippen LogP contribution is -2.53. The molecule has 6 nitrogen and oxygen atoms in total. The predicted molar refractivity (Wildman–Crippen MR) is 90.9 cm³/mol. The summed E-state index contributed by atoms with van der Waals surface area (Å²) in [6.45, 7) is 5.88. The van der Waals surface area contributed by atoms with Gasteiger partial charge in [0.1, 0.15) is 12.2 Å². The number of aliphatic hydroxyl groups is 1. The van der Waals surface area contributed by atoms with Crippen molar-refractivity contribution in [1.29, 1.82) is 0 Å². The summed E-state index contributed by atoms with van der Waals surface area (Å²) in [7, 11) is 0. The van der Waals surface area contributed by atoms with Crippen molar-refractivity contribution in [3.8, 4) is 0 Å². The Balaban J connectivity index is 1.69. The zero-order valence-electron chi connectivity index (χ0n) is 15.6. The Kier molecular flexibility index (Phi) is 3.69. The van der Waals surface area contributed by atoms with Gasteiger partial charge in [0.2, 0.25) is 0 Å². The molecule has 1 N–H and O–H groups in total.